The van der Waals surface area contributed by atoms with Crippen molar-refractivity contribution in [2.24, 2.45) is 17.8 Å². The van der Waals surface area contributed by atoms with Crippen molar-refractivity contribution in [3.8, 4) is 0 Å². The van der Waals surface area contributed by atoms with Gasteiger partial charge in [-0.3, -0.25) is 0 Å². The second kappa shape index (κ2) is 2.82. The molecule has 2 aliphatic carbocycles. The number of halogens is 1. The van der Waals surface area contributed by atoms with Crippen LogP contribution in [0.15, 0.2) is 24.3 Å². The molecule has 0 aliphatic heterocycles. The van der Waals surface area contributed by atoms with Crippen LogP contribution in [-0.4, -0.2) is 0 Å². The first-order valence-electron chi connectivity index (χ1n) is 5.52. The van der Waals surface area contributed by atoms with Gasteiger partial charge in [-0.2, -0.15) is 0 Å². The van der Waals surface area contributed by atoms with Crippen LogP contribution < -0.4 is 0 Å². The van der Waals surface area contributed by atoms with E-state index in [-0.39, 0.29) is 5.82 Å². The zero-order chi connectivity index (χ0) is 9.71. The maximum absolute atomic E-state index is 13.6. The van der Waals surface area contributed by atoms with Crippen LogP contribution in [0.3, 0.4) is 0 Å². The third-order valence-electron chi connectivity index (χ3n) is 4.07. The molecule has 3 rings (SSSR count). The maximum atomic E-state index is 13.6. The van der Waals surface area contributed by atoms with E-state index in [4.69, 9.17) is 0 Å². The molecule has 0 spiro atoms. The fourth-order valence-corrected chi connectivity index (χ4v) is 3.24. The molecule has 4 atom stereocenters. The quantitative estimate of drug-likeness (QED) is 0.635. The van der Waals surface area contributed by atoms with Crippen molar-refractivity contribution in [2.45, 2.75) is 25.7 Å². The Kier molecular flexibility index (Phi) is 1.70. The molecule has 1 aromatic rings. The summed E-state index contributed by atoms with van der Waals surface area (Å²) in [6.45, 7) is 2.31. The summed E-state index contributed by atoms with van der Waals surface area (Å²) in [7, 11) is 0. The van der Waals surface area contributed by atoms with E-state index >= 15 is 0 Å². The van der Waals surface area contributed by atoms with E-state index in [1.54, 1.807) is 12.1 Å². The van der Waals surface area contributed by atoms with Crippen LogP contribution in [0.1, 0.15) is 31.2 Å². The third-order valence-corrected chi connectivity index (χ3v) is 4.07. The third kappa shape index (κ3) is 1.11. The summed E-state index contributed by atoms with van der Waals surface area (Å²) in [5.74, 6) is 3.01. The molecule has 0 amide bonds. The molecule has 0 bridgehead atoms. The van der Waals surface area contributed by atoms with E-state index in [9.17, 15) is 4.39 Å². The minimum Gasteiger partial charge on any atom is -0.207 e. The molecule has 74 valence electrons. The number of hydrogen-bond acceptors (Lipinski definition) is 0. The van der Waals surface area contributed by atoms with Gasteiger partial charge >= 0.3 is 0 Å². The highest BCUT2D eigenvalue weighted by Crippen LogP contribution is 2.62. The summed E-state index contributed by atoms with van der Waals surface area (Å²) < 4.78 is 13.6. The molecule has 1 heteroatoms. The molecule has 2 fully saturated rings. The highest BCUT2D eigenvalue weighted by molar-refractivity contribution is 5.27. The van der Waals surface area contributed by atoms with E-state index in [0.717, 1.165) is 23.3 Å². The number of fused-ring (bicyclic) bond motifs is 1. The van der Waals surface area contributed by atoms with Crippen LogP contribution in [0.5, 0.6) is 0 Å². The fraction of sp³-hybridized carbons (Fsp3) is 0.538. The lowest BCUT2D eigenvalue weighted by atomic mass is 9.91. The number of rotatable bonds is 1. The summed E-state index contributed by atoms with van der Waals surface area (Å²) in [6, 6.07) is 7.30. The molecule has 2 saturated carbocycles. The van der Waals surface area contributed by atoms with Crippen LogP contribution in [0, 0.1) is 23.6 Å². The topological polar surface area (TPSA) is 0 Å². The second-order valence-electron chi connectivity index (χ2n) is 4.90. The SMILES string of the molecule is C[C@H]1C[C@@H](c2ccccc2F)C2CC21. The smallest absolute Gasteiger partial charge is 0.126 e. The van der Waals surface area contributed by atoms with Crippen molar-refractivity contribution in [3.63, 3.8) is 0 Å². The van der Waals surface area contributed by atoms with Crippen molar-refractivity contribution in [1.82, 2.24) is 0 Å². The van der Waals surface area contributed by atoms with Gasteiger partial charge in [-0.25, -0.2) is 4.39 Å². The Morgan fingerprint density at radius 2 is 1.93 bits per heavy atom. The molecule has 0 radical (unpaired) electrons. The Hall–Kier alpha value is -0.850. The van der Waals surface area contributed by atoms with Crippen LogP contribution in [0.4, 0.5) is 4.39 Å². The first-order chi connectivity index (χ1) is 6.77. The molecule has 0 aromatic heterocycles. The molecule has 2 aliphatic rings. The Morgan fingerprint density at radius 3 is 2.50 bits per heavy atom. The highest BCUT2D eigenvalue weighted by atomic mass is 19.1. The summed E-state index contributed by atoms with van der Waals surface area (Å²) in [4.78, 5) is 0. The van der Waals surface area contributed by atoms with Crippen LogP contribution in [-0.2, 0) is 0 Å². The Bertz CT molecular complexity index is 358. The summed E-state index contributed by atoms with van der Waals surface area (Å²) in [5.41, 5.74) is 0.962. The summed E-state index contributed by atoms with van der Waals surface area (Å²) in [5, 5.41) is 0. The molecule has 0 heterocycles. The van der Waals surface area contributed by atoms with Crippen LogP contribution in [0.25, 0.3) is 0 Å². The predicted molar refractivity (Wildman–Crippen MR) is 54.5 cm³/mol. The van der Waals surface area contributed by atoms with Gasteiger partial charge in [0.15, 0.2) is 0 Å². The van der Waals surface area contributed by atoms with Gasteiger partial charge in [-0.15, -0.1) is 0 Å². The van der Waals surface area contributed by atoms with Crippen molar-refractivity contribution in [2.75, 3.05) is 0 Å². The molecule has 2 unspecified atom stereocenters. The maximum Gasteiger partial charge on any atom is 0.126 e. The first-order valence-corrected chi connectivity index (χ1v) is 5.52. The molecule has 1 aromatic carbocycles. The van der Waals surface area contributed by atoms with Gasteiger partial charge in [-0.05, 0) is 48.1 Å². The summed E-state index contributed by atoms with van der Waals surface area (Å²) in [6.07, 6.45) is 2.52. The van der Waals surface area contributed by atoms with Gasteiger partial charge < -0.3 is 0 Å². The fourth-order valence-electron chi connectivity index (χ4n) is 3.24. The van der Waals surface area contributed by atoms with E-state index in [1.165, 1.54) is 12.8 Å². The van der Waals surface area contributed by atoms with Gasteiger partial charge in [0.05, 0.1) is 0 Å². The van der Waals surface area contributed by atoms with Crippen molar-refractivity contribution in [1.29, 1.82) is 0 Å². The van der Waals surface area contributed by atoms with Crippen LogP contribution >= 0.6 is 0 Å². The van der Waals surface area contributed by atoms with Crippen molar-refractivity contribution >= 4 is 0 Å². The van der Waals surface area contributed by atoms with Gasteiger partial charge in [0.25, 0.3) is 0 Å². The lowest BCUT2D eigenvalue weighted by molar-refractivity contribution is 0.492. The first kappa shape index (κ1) is 8.46. The normalized spacial score (nSPS) is 39.6. The average molecular weight is 190 g/mol. The van der Waals surface area contributed by atoms with Gasteiger partial charge in [-0.1, -0.05) is 25.1 Å². The van der Waals surface area contributed by atoms with Gasteiger partial charge in [0.2, 0.25) is 0 Å². The van der Waals surface area contributed by atoms with E-state index in [1.807, 2.05) is 12.1 Å². The second-order valence-corrected chi connectivity index (χ2v) is 4.90. The van der Waals surface area contributed by atoms with Crippen molar-refractivity contribution < 1.29 is 4.39 Å². The zero-order valence-corrected chi connectivity index (χ0v) is 8.41. The Balaban J connectivity index is 1.93. The highest BCUT2D eigenvalue weighted by Gasteiger charge is 2.52. The molecule has 14 heavy (non-hydrogen) atoms. The largest absolute Gasteiger partial charge is 0.207 e. The lowest BCUT2D eigenvalue weighted by Crippen LogP contribution is -2.02. The van der Waals surface area contributed by atoms with Gasteiger partial charge in [0, 0.05) is 0 Å². The van der Waals surface area contributed by atoms with Gasteiger partial charge in [0.1, 0.15) is 5.82 Å². The molecule has 0 saturated heterocycles. The van der Waals surface area contributed by atoms with E-state index in [2.05, 4.69) is 6.92 Å². The molecular formula is C13H15F. The molecular weight excluding hydrogens is 175 g/mol. The number of hydrogen-bond donors (Lipinski definition) is 0. The standard InChI is InChI=1S/C13H15F/c1-8-6-11(12-7-10(8)12)9-4-2-3-5-13(9)14/h2-5,8,10-12H,6-7H2,1H3/t8-,10?,11-,12?/m0/s1. The predicted octanol–water partition coefficient (Wildman–Crippen LogP) is 3.59. The minimum atomic E-state index is -0.00255. The lowest BCUT2D eigenvalue weighted by Gasteiger charge is -2.14. The van der Waals surface area contributed by atoms with Crippen LogP contribution in [0.2, 0.25) is 0 Å². The van der Waals surface area contributed by atoms with E-state index in [0.29, 0.717) is 5.92 Å². The average Bonchev–Trinajstić information content (AvgIpc) is 2.89. The Labute approximate surface area is 84.1 Å². The zero-order valence-electron chi connectivity index (χ0n) is 8.41. The number of benzene rings is 1. The van der Waals surface area contributed by atoms with Crippen molar-refractivity contribution in [3.05, 3.63) is 35.6 Å². The summed E-state index contributed by atoms with van der Waals surface area (Å²) >= 11 is 0. The minimum absolute atomic E-state index is 0.00255. The monoisotopic (exact) mass is 190 g/mol. The van der Waals surface area contributed by atoms with E-state index < -0.39 is 0 Å². The molecule has 0 nitrogen and oxygen atoms in total. The molecule has 0 N–H and O–H groups in total. The Morgan fingerprint density at radius 1 is 1.14 bits per heavy atom.